The number of halogens is 8. The molecule has 2 aromatic rings. The molecule has 1 saturated heterocycles. The third-order valence-corrected chi connectivity index (χ3v) is 11.0. The summed E-state index contributed by atoms with van der Waals surface area (Å²) >= 11 is 0. The molecule has 0 N–H and O–H groups in total. The van der Waals surface area contributed by atoms with Gasteiger partial charge in [-0.3, -0.25) is 4.90 Å². The maximum Gasteiger partial charge on any atom is 0.435 e. The molecule has 0 unspecified atom stereocenters. The van der Waals surface area contributed by atoms with Crippen LogP contribution < -0.4 is 0 Å². The lowest BCUT2D eigenvalue weighted by atomic mass is 9.93. The Morgan fingerprint density at radius 2 is 1.20 bits per heavy atom. The highest BCUT2D eigenvalue weighted by molar-refractivity contribution is 7.92. The molecule has 0 amide bonds. The van der Waals surface area contributed by atoms with Crippen LogP contribution in [0.5, 0.6) is 0 Å². The minimum atomic E-state index is -6.05. The smallest absolute Gasteiger partial charge is 0.298 e. The zero-order chi connectivity index (χ0) is 30.0. The van der Waals surface area contributed by atoms with Gasteiger partial charge < -0.3 is 0 Å². The summed E-state index contributed by atoms with van der Waals surface area (Å²) in [6, 6.07) is 9.15. The van der Waals surface area contributed by atoms with E-state index in [-0.39, 0.29) is 22.4 Å². The van der Waals surface area contributed by atoms with Crippen molar-refractivity contribution in [3.63, 3.8) is 0 Å². The molecule has 15 heteroatoms. The minimum absolute atomic E-state index is 0.177. The molecule has 1 aliphatic carbocycles. The van der Waals surface area contributed by atoms with Crippen molar-refractivity contribution in [2.75, 3.05) is 24.6 Å². The quantitative estimate of drug-likeness (QED) is 0.328. The predicted octanol–water partition coefficient (Wildman–Crippen LogP) is 5.62. The van der Waals surface area contributed by atoms with Crippen LogP contribution in [0.25, 0.3) is 0 Å². The molecule has 1 saturated carbocycles. The molecule has 0 spiro atoms. The van der Waals surface area contributed by atoms with Gasteiger partial charge in [-0.25, -0.2) is 25.6 Å². The maximum atomic E-state index is 13.3. The third-order valence-electron chi connectivity index (χ3n) is 7.07. The van der Waals surface area contributed by atoms with Crippen LogP contribution in [0.15, 0.2) is 59.5 Å². The van der Waals surface area contributed by atoms with Gasteiger partial charge in [0.25, 0.3) is 0 Å². The molecule has 0 atom stereocenters. The first-order chi connectivity index (χ1) is 18.4. The van der Waals surface area contributed by atoms with Gasteiger partial charge in [-0.05, 0) is 49.9 Å². The molecule has 0 aromatic heterocycles. The topological polar surface area (TPSA) is 71.5 Å². The first-order valence-corrected chi connectivity index (χ1v) is 15.6. The Hall–Kier alpha value is -2.26. The van der Waals surface area contributed by atoms with Crippen LogP contribution in [-0.4, -0.2) is 70.0 Å². The van der Waals surface area contributed by atoms with Crippen LogP contribution in [0.2, 0.25) is 0 Å². The van der Waals surface area contributed by atoms with E-state index in [2.05, 4.69) is 4.90 Å². The summed E-state index contributed by atoms with van der Waals surface area (Å²) in [5.74, 6) is -0.0561. The Kier molecular flexibility index (Phi) is 9.61. The second-order valence-corrected chi connectivity index (χ2v) is 14.2. The normalized spacial score (nSPS) is 22.7. The van der Waals surface area contributed by atoms with Crippen molar-refractivity contribution in [3.05, 3.63) is 66.0 Å². The Morgan fingerprint density at radius 1 is 0.725 bits per heavy atom. The molecule has 40 heavy (non-hydrogen) atoms. The first-order valence-electron chi connectivity index (χ1n) is 12.2. The van der Waals surface area contributed by atoms with Crippen LogP contribution in [0.3, 0.4) is 0 Å². The standard InChI is InChI=1S/C16H22FNO4S2.C9H5F7/c17-13-1-5-15(6-2-13)24(21,22)16-7-3-14(4-8-16)18-9-11-23(19,20)12-10-18;10-7(8(11,12)13,9(14,15)16)6-4-2-1-3-5-6/h1-2,5-6,14,16H,3-4,7-12H2;1-5H. The molecular formula is C25H27F8NO4S2. The molecule has 0 bridgehead atoms. The fourth-order valence-electron chi connectivity index (χ4n) is 4.78. The van der Waals surface area contributed by atoms with Crippen LogP contribution in [0, 0.1) is 5.82 Å². The molecule has 5 nitrogen and oxygen atoms in total. The number of nitrogens with zero attached hydrogens (tertiary/aromatic N) is 1. The van der Waals surface area contributed by atoms with Gasteiger partial charge in [0.15, 0.2) is 19.7 Å². The van der Waals surface area contributed by atoms with Crippen LogP contribution in [0.1, 0.15) is 31.2 Å². The van der Waals surface area contributed by atoms with Gasteiger partial charge >= 0.3 is 18.0 Å². The maximum absolute atomic E-state index is 13.3. The van der Waals surface area contributed by atoms with E-state index in [9.17, 15) is 52.0 Å². The summed E-state index contributed by atoms with van der Waals surface area (Å²) in [6.45, 7) is 1.09. The number of sulfone groups is 2. The lowest BCUT2D eigenvalue weighted by molar-refractivity contribution is -0.348. The van der Waals surface area contributed by atoms with E-state index in [1.54, 1.807) is 0 Å². The highest BCUT2D eigenvalue weighted by Gasteiger charge is 2.73. The van der Waals surface area contributed by atoms with Gasteiger partial charge in [0.05, 0.1) is 21.7 Å². The molecule has 2 aliphatic rings. The minimum Gasteiger partial charge on any atom is -0.298 e. The zero-order valence-corrected chi connectivity index (χ0v) is 22.6. The molecule has 2 fully saturated rings. The van der Waals surface area contributed by atoms with Crippen LogP contribution in [-0.2, 0) is 25.3 Å². The molecule has 224 valence electrons. The zero-order valence-electron chi connectivity index (χ0n) is 20.9. The summed E-state index contributed by atoms with van der Waals surface area (Å²) in [5.41, 5.74) is -6.81. The van der Waals surface area contributed by atoms with Crippen molar-refractivity contribution < 1.29 is 52.0 Å². The van der Waals surface area contributed by atoms with Gasteiger partial charge in [0.1, 0.15) is 5.82 Å². The van der Waals surface area contributed by atoms with Crippen molar-refractivity contribution >= 4 is 19.7 Å². The van der Waals surface area contributed by atoms with Gasteiger partial charge in [-0.2, -0.15) is 26.3 Å². The van der Waals surface area contributed by atoms with Crippen molar-refractivity contribution in [1.82, 2.24) is 4.90 Å². The second-order valence-electron chi connectivity index (χ2n) is 9.64. The summed E-state index contributed by atoms with van der Waals surface area (Å²) in [7, 11) is -6.33. The first kappa shape index (κ1) is 32.3. The van der Waals surface area contributed by atoms with Crippen molar-refractivity contribution in [2.24, 2.45) is 0 Å². The Labute approximate surface area is 227 Å². The van der Waals surface area contributed by atoms with Crippen LogP contribution in [0.4, 0.5) is 35.1 Å². The second kappa shape index (κ2) is 11.9. The van der Waals surface area contributed by atoms with Gasteiger partial charge in [-0.15, -0.1) is 0 Å². The summed E-state index contributed by atoms with van der Waals surface area (Å²) in [5, 5.41) is -0.437. The molecular weight excluding hydrogens is 594 g/mol. The predicted molar refractivity (Wildman–Crippen MR) is 131 cm³/mol. The molecule has 1 heterocycles. The average Bonchev–Trinajstić information content (AvgIpc) is 2.88. The number of alkyl halides is 7. The van der Waals surface area contributed by atoms with E-state index < -0.39 is 54.3 Å². The Balaban J connectivity index is 0.000000241. The van der Waals surface area contributed by atoms with E-state index in [1.165, 1.54) is 30.3 Å². The van der Waals surface area contributed by atoms with E-state index in [4.69, 9.17) is 0 Å². The van der Waals surface area contributed by atoms with E-state index in [1.807, 2.05) is 0 Å². The van der Waals surface area contributed by atoms with Gasteiger partial charge in [0, 0.05) is 24.7 Å². The number of rotatable bonds is 4. The van der Waals surface area contributed by atoms with Gasteiger partial charge in [0.2, 0.25) is 0 Å². The van der Waals surface area contributed by atoms with Crippen molar-refractivity contribution in [1.29, 1.82) is 0 Å². The molecule has 0 radical (unpaired) electrons. The number of hydrogen-bond acceptors (Lipinski definition) is 5. The monoisotopic (exact) mass is 621 g/mol. The SMILES string of the molecule is FC(F)(F)C(F)(c1ccccc1)C(F)(F)F.O=S1(=O)CCN(C2CCC(S(=O)(=O)c3ccc(F)cc3)CC2)CC1. The molecule has 2 aromatic carbocycles. The fraction of sp³-hybridized carbons (Fsp3) is 0.520. The van der Waals surface area contributed by atoms with Crippen molar-refractivity contribution in [3.8, 4) is 0 Å². The Morgan fingerprint density at radius 3 is 1.65 bits per heavy atom. The van der Waals surface area contributed by atoms with Gasteiger partial charge in [-0.1, -0.05) is 30.3 Å². The number of benzene rings is 2. The Bertz CT molecular complexity index is 1310. The third kappa shape index (κ3) is 7.14. The highest BCUT2D eigenvalue weighted by Crippen LogP contribution is 2.53. The highest BCUT2D eigenvalue weighted by atomic mass is 32.2. The lowest BCUT2D eigenvalue weighted by Gasteiger charge is -2.38. The summed E-state index contributed by atoms with van der Waals surface area (Å²) < 4.78 is 148. The molecule has 4 rings (SSSR count). The fourth-order valence-corrected chi connectivity index (χ4v) is 7.81. The van der Waals surface area contributed by atoms with E-state index in [0.717, 1.165) is 25.0 Å². The number of hydrogen-bond donors (Lipinski definition) is 0. The average molecular weight is 622 g/mol. The van der Waals surface area contributed by atoms with Crippen molar-refractivity contribution in [2.45, 2.75) is 59.9 Å². The molecule has 1 aliphatic heterocycles. The van der Waals surface area contributed by atoms with E-state index in [0.29, 0.717) is 38.1 Å². The summed E-state index contributed by atoms with van der Waals surface area (Å²) in [6.07, 6.45) is -9.46. The summed E-state index contributed by atoms with van der Waals surface area (Å²) in [4.78, 5) is 2.36. The lowest BCUT2D eigenvalue weighted by Crippen LogP contribution is -2.50. The largest absolute Gasteiger partial charge is 0.435 e. The van der Waals surface area contributed by atoms with E-state index >= 15 is 0 Å². The van der Waals surface area contributed by atoms with Crippen LogP contribution >= 0.6 is 0 Å².